The number of ether oxygens (including phenoxy) is 12. The van der Waals surface area contributed by atoms with E-state index in [0.717, 1.165) is 13.8 Å². The van der Waals surface area contributed by atoms with Crippen LogP contribution in [0.15, 0.2) is 0 Å². The Morgan fingerprint density at radius 1 is 0.443 bits per heavy atom. The van der Waals surface area contributed by atoms with E-state index in [0.29, 0.717) is 0 Å². The fourth-order valence-electron chi connectivity index (χ4n) is 9.74. The molecule has 0 radical (unpaired) electrons. The van der Waals surface area contributed by atoms with Crippen molar-refractivity contribution in [3.63, 3.8) is 0 Å². The number of aliphatic hydroxyl groups excluding tert-OH is 17. The Morgan fingerprint density at radius 2 is 0.861 bits per heavy atom. The quantitative estimate of drug-likeness (QED) is 0.0423. The van der Waals surface area contributed by atoms with Gasteiger partial charge in [-0.2, -0.15) is 0 Å². The SMILES string of the molecule is CC(=O)N[C@H]1[C@H](OC[C@H]2O[C@@H](O[C@H]3[C@H](O)[C@@H](O)[C@H](OC[C@@H](CO)NC=O)O[C@@H]3CO)[C@H](O)[C@@H](O[C@@H]3O[C@H](CO)[C@@H](O)[C@H](O[C@@H]4O[C@H](CO)[C@H](O)[C@H](O)[C@H]4O)[C@H]3NC(C)=O)[C@H]2O)O[C@H](CO)[C@@H](O)[C@@H]1O[C@@H]1O[C@@H](C)[C@@H](O)[C@@H](O)[C@@H]1O. The molecule has 0 bridgehead atoms. The van der Waals surface area contributed by atoms with E-state index < -0.39 is 248 Å². The molecule has 0 unspecified atom stereocenters. The predicted molar refractivity (Wildman–Crippen MR) is 245 cm³/mol. The molecule has 0 aromatic rings. The van der Waals surface area contributed by atoms with Crippen molar-refractivity contribution < 1.29 is 158 Å². The van der Waals surface area contributed by atoms with Crippen molar-refractivity contribution in [2.75, 3.05) is 46.2 Å². The van der Waals surface area contributed by atoms with Gasteiger partial charge in [-0.15, -0.1) is 0 Å². The van der Waals surface area contributed by atoms with Crippen LogP contribution in [0.3, 0.4) is 0 Å². The van der Waals surface area contributed by atoms with E-state index in [9.17, 15) is 101 Å². The van der Waals surface area contributed by atoms with E-state index in [2.05, 4.69) is 16.0 Å². The number of hydrogen-bond donors (Lipinski definition) is 20. The third kappa shape index (κ3) is 15.0. The molecule has 6 rings (SSSR count). The maximum absolute atomic E-state index is 12.8. The van der Waals surface area contributed by atoms with E-state index in [1.807, 2.05) is 0 Å². The van der Waals surface area contributed by atoms with Crippen LogP contribution in [0.25, 0.3) is 0 Å². The van der Waals surface area contributed by atoms with Gasteiger partial charge in [0.2, 0.25) is 18.2 Å². The summed E-state index contributed by atoms with van der Waals surface area (Å²) >= 11 is 0. The van der Waals surface area contributed by atoms with Gasteiger partial charge in [-0.25, -0.2) is 0 Å². The van der Waals surface area contributed by atoms with Crippen molar-refractivity contribution in [3.05, 3.63) is 0 Å². The van der Waals surface area contributed by atoms with Gasteiger partial charge < -0.3 is 160 Å². The van der Waals surface area contributed by atoms with E-state index in [1.54, 1.807) is 0 Å². The molecule has 6 saturated heterocycles. The van der Waals surface area contributed by atoms with Gasteiger partial charge in [0.1, 0.15) is 140 Å². The Hall–Kier alpha value is -2.75. The number of nitrogens with one attached hydrogen (secondary N) is 3. The second kappa shape index (κ2) is 29.2. The first-order valence-electron chi connectivity index (χ1n) is 25.2. The molecule has 6 fully saturated rings. The Labute approximate surface area is 448 Å². The first-order chi connectivity index (χ1) is 37.4. The summed E-state index contributed by atoms with van der Waals surface area (Å²) < 4.78 is 69.8. The van der Waals surface area contributed by atoms with Gasteiger partial charge in [-0.1, -0.05) is 0 Å². The minimum Gasteiger partial charge on any atom is -0.394 e. The highest BCUT2D eigenvalue weighted by Gasteiger charge is 2.58. The van der Waals surface area contributed by atoms with Crippen molar-refractivity contribution in [2.45, 2.75) is 211 Å². The summed E-state index contributed by atoms with van der Waals surface area (Å²) in [5, 5.41) is 190. The second-order valence-corrected chi connectivity index (χ2v) is 19.7. The summed E-state index contributed by atoms with van der Waals surface area (Å²) in [6.07, 6.45) is -52.4. The molecule has 3 amide bonds. The molecule has 0 saturated carbocycles. The molecule has 458 valence electrons. The van der Waals surface area contributed by atoms with Gasteiger partial charge in [0.05, 0.1) is 58.4 Å². The molecule has 35 nitrogen and oxygen atoms in total. The molecule has 6 aliphatic heterocycles. The van der Waals surface area contributed by atoms with Crippen LogP contribution in [-0.2, 0) is 71.2 Å². The number of aliphatic hydroxyl groups is 17. The lowest BCUT2D eigenvalue weighted by atomic mass is 9.94. The minimum atomic E-state index is -2.31. The van der Waals surface area contributed by atoms with Crippen LogP contribution in [0.4, 0.5) is 0 Å². The number of rotatable bonds is 23. The van der Waals surface area contributed by atoms with E-state index in [4.69, 9.17) is 56.8 Å². The fourth-order valence-corrected chi connectivity index (χ4v) is 9.74. The largest absolute Gasteiger partial charge is 0.394 e. The minimum absolute atomic E-state index is 0.259. The third-order valence-electron chi connectivity index (χ3n) is 14.1. The maximum Gasteiger partial charge on any atom is 0.217 e. The molecule has 20 N–H and O–H groups in total. The Kier molecular flexibility index (Phi) is 24.2. The Balaban J connectivity index is 1.33. The van der Waals surface area contributed by atoms with Crippen molar-refractivity contribution in [1.82, 2.24) is 16.0 Å². The highest BCUT2D eigenvalue weighted by atomic mass is 16.8. The molecular formula is C44H75N3O32. The third-order valence-corrected chi connectivity index (χ3v) is 14.1. The van der Waals surface area contributed by atoms with Crippen LogP contribution in [0, 0.1) is 0 Å². The summed E-state index contributed by atoms with van der Waals surface area (Å²) in [5.41, 5.74) is 0. The lowest BCUT2D eigenvalue weighted by molar-refractivity contribution is -0.384. The average molecular weight is 1160 g/mol. The first-order valence-corrected chi connectivity index (χ1v) is 25.2. The summed E-state index contributed by atoms with van der Waals surface area (Å²) in [4.78, 5) is 36.5. The van der Waals surface area contributed by atoms with E-state index in [1.165, 1.54) is 6.92 Å². The van der Waals surface area contributed by atoms with Crippen molar-refractivity contribution >= 4 is 18.2 Å². The van der Waals surface area contributed by atoms with Gasteiger partial charge >= 0.3 is 0 Å². The normalized spacial score (nSPS) is 47.2. The molecule has 6 aliphatic rings. The number of carbonyl (C=O) groups excluding carboxylic acids is 3. The van der Waals surface area contributed by atoms with Crippen LogP contribution >= 0.6 is 0 Å². The number of amides is 3. The van der Waals surface area contributed by atoms with Crippen LogP contribution < -0.4 is 16.0 Å². The Morgan fingerprint density at radius 3 is 1.39 bits per heavy atom. The first kappa shape index (κ1) is 65.4. The van der Waals surface area contributed by atoms with Crippen molar-refractivity contribution in [1.29, 1.82) is 0 Å². The zero-order valence-corrected chi connectivity index (χ0v) is 42.7. The van der Waals surface area contributed by atoms with Crippen LogP contribution in [0.5, 0.6) is 0 Å². The van der Waals surface area contributed by atoms with Crippen LogP contribution in [0.1, 0.15) is 20.8 Å². The smallest absolute Gasteiger partial charge is 0.217 e. The Bertz CT molecular complexity index is 1900. The maximum atomic E-state index is 12.8. The highest BCUT2D eigenvalue weighted by Crippen LogP contribution is 2.36. The van der Waals surface area contributed by atoms with Crippen LogP contribution in [0.2, 0.25) is 0 Å². The molecule has 31 atom stereocenters. The van der Waals surface area contributed by atoms with E-state index >= 15 is 0 Å². The standard InChI is InChI=1S/C44H75N3O32/c1-12-23(56)28(61)31(64)42(70-12)77-36-21(46-13(2)54)39(71-17(6-50)25(36)58)69-10-20-27(60)38(34(67)44(75-20)76-35-19(8-52)74-41(33(66)30(35)63)68-9-15(4-48)45-11-53)79-40-22(47-14(3)55)37(26(59)18(7-51)72-40)78-43-32(65)29(62)24(57)16(5-49)73-43/h11-12,15-44,48-52,56-67H,4-10H2,1-3H3,(H,45,53)(H,46,54)(H,47,55)/t12-,15+,16+,17+,18+,19+,20+,21+,22+,23+,24-,25+,26+,27-,28+,29-,30+,31-,32+,33+,34+,35+,36+,37+,38-,39+,40-,41+,42-,43-,44-/m0/s1. The van der Waals surface area contributed by atoms with Crippen molar-refractivity contribution in [3.8, 4) is 0 Å². The molecular weight excluding hydrogens is 1080 g/mol. The van der Waals surface area contributed by atoms with Crippen molar-refractivity contribution in [2.24, 2.45) is 0 Å². The molecule has 6 heterocycles. The molecule has 0 aromatic heterocycles. The van der Waals surface area contributed by atoms with Gasteiger partial charge in [0, 0.05) is 13.8 Å². The monoisotopic (exact) mass is 1160 g/mol. The number of hydrogen-bond acceptors (Lipinski definition) is 32. The lowest BCUT2D eigenvalue weighted by Gasteiger charge is -2.50. The molecule has 79 heavy (non-hydrogen) atoms. The summed E-state index contributed by atoms with van der Waals surface area (Å²) in [5.74, 6) is -1.68. The lowest BCUT2D eigenvalue weighted by Crippen LogP contribution is -2.70. The topological polar surface area (TPSA) is 542 Å². The van der Waals surface area contributed by atoms with Gasteiger partial charge in [-0.05, 0) is 6.92 Å². The predicted octanol–water partition coefficient (Wildman–Crippen LogP) is -13.7. The number of carbonyl (C=O) groups is 3. The molecule has 0 aliphatic carbocycles. The fraction of sp³-hybridized carbons (Fsp3) is 0.932. The van der Waals surface area contributed by atoms with Crippen LogP contribution in [-0.4, -0.2) is 341 Å². The molecule has 35 heteroatoms. The zero-order valence-electron chi connectivity index (χ0n) is 42.7. The summed E-state index contributed by atoms with van der Waals surface area (Å²) in [7, 11) is 0. The van der Waals surface area contributed by atoms with Gasteiger partial charge in [-0.3, -0.25) is 14.4 Å². The average Bonchev–Trinajstić information content (AvgIpc) is 3.55. The van der Waals surface area contributed by atoms with Gasteiger partial charge in [0.15, 0.2) is 37.7 Å². The zero-order chi connectivity index (χ0) is 58.3. The second-order valence-electron chi connectivity index (χ2n) is 19.7. The molecule has 0 aromatic carbocycles. The summed E-state index contributed by atoms with van der Waals surface area (Å²) in [6.45, 7) is -2.59. The highest BCUT2D eigenvalue weighted by molar-refractivity contribution is 5.73. The van der Waals surface area contributed by atoms with E-state index in [-0.39, 0.29) is 6.41 Å². The summed E-state index contributed by atoms with van der Waals surface area (Å²) in [6, 6.07) is -4.45. The molecule has 0 spiro atoms. The van der Waals surface area contributed by atoms with Gasteiger partial charge in [0.25, 0.3) is 0 Å².